The smallest absolute Gasteiger partial charge is 0.251 e. The fraction of sp³-hybridized carbons (Fsp3) is 0.529. The minimum Gasteiger partial charge on any atom is -0.496 e. The maximum atomic E-state index is 12.3. The molecule has 22 heavy (non-hydrogen) atoms. The minimum atomic E-state index is -2.23. The number of hydrogen-bond donors (Lipinski definition) is 1. The molecule has 0 saturated carbocycles. The summed E-state index contributed by atoms with van der Waals surface area (Å²) in [4.78, 5) is 1.84. The molecule has 0 unspecified atom stereocenters. The van der Waals surface area contributed by atoms with E-state index in [0.29, 0.717) is 6.04 Å². The van der Waals surface area contributed by atoms with Gasteiger partial charge < -0.3 is 10.1 Å². The summed E-state index contributed by atoms with van der Waals surface area (Å²) in [5, 5.41) is 3.46. The number of alkyl halides is 2. The van der Waals surface area contributed by atoms with Crippen LogP contribution >= 0.6 is 0 Å². The first kappa shape index (κ1) is 16.9. The number of nitrogens with zero attached hydrogens (tertiary/aromatic N) is 1. The number of piperidine rings is 1. The van der Waals surface area contributed by atoms with E-state index in [-0.39, 0.29) is 6.54 Å². The predicted molar refractivity (Wildman–Crippen MR) is 85.5 cm³/mol. The lowest BCUT2D eigenvalue weighted by Crippen LogP contribution is -2.43. The van der Waals surface area contributed by atoms with Gasteiger partial charge in [-0.2, -0.15) is 0 Å². The molecular formula is C17H24F2N2O. The van der Waals surface area contributed by atoms with E-state index in [1.165, 1.54) is 0 Å². The molecule has 1 aromatic carbocycles. The summed E-state index contributed by atoms with van der Waals surface area (Å²) >= 11 is 0. The van der Waals surface area contributed by atoms with Crippen molar-refractivity contribution in [2.75, 3.05) is 33.3 Å². The van der Waals surface area contributed by atoms with Crippen molar-refractivity contribution < 1.29 is 13.5 Å². The van der Waals surface area contributed by atoms with Crippen LogP contribution in [-0.2, 0) is 0 Å². The normalized spacial score (nSPS) is 17.5. The van der Waals surface area contributed by atoms with Crippen molar-refractivity contribution in [3.05, 3.63) is 35.9 Å². The van der Waals surface area contributed by atoms with Crippen LogP contribution in [0.25, 0.3) is 6.08 Å². The first-order valence-corrected chi connectivity index (χ1v) is 7.72. The van der Waals surface area contributed by atoms with Gasteiger partial charge in [0.1, 0.15) is 5.75 Å². The summed E-state index contributed by atoms with van der Waals surface area (Å²) in [7, 11) is 1.66. The molecule has 1 fully saturated rings. The monoisotopic (exact) mass is 310 g/mol. The molecule has 0 bridgehead atoms. The molecule has 2 rings (SSSR count). The quantitative estimate of drug-likeness (QED) is 0.838. The first-order chi connectivity index (χ1) is 10.7. The molecule has 1 aliphatic rings. The Labute approximate surface area is 131 Å². The second kappa shape index (κ2) is 8.86. The second-order valence-corrected chi connectivity index (χ2v) is 5.52. The minimum absolute atomic E-state index is 0.0968. The van der Waals surface area contributed by atoms with Gasteiger partial charge in [-0.3, -0.25) is 4.90 Å². The molecule has 0 amide bonds. The van der Waals surface area contributed by atoms with Gasteiger partial charge in [0.05, 0.1) is 13.7 Å². The van der Waals surface area contributed by atoms with Crippen LogP contribution in [0.2, 0.25) is 0 Å². The largest absolute Gasteiger partial charge is 0.496 e. The van der Waals surface area contributed by atoms with Crippen molar-refractivity contribution in [3.8, 4) is 5.75 Å². The predicted octanol–water partition coefficient (Wildman–Crippen LogP) is 3.03. The Bertz CT molecular complexity index is 471. The maximum Gasteiger partial charge on any atom is 0.251 e. The highest BCUT2D eigenvalue weighted by Gasteiger charge is 2.20. The first-order valence-electron chi connectivity index (χ1n) is 7.72. The van der Waals surface area contributed by atoms with Gasteiger partial charge in [0.2, 0.25) is 0 Å². The van der Waals surface area contributed by atoms with Gasteiger partial charge in [-0.05, 0) is 32.0 Å². The van der Waals surface area contributed by atoms with Crippen LogP contribution in [0.1, 0.15) is 18.4 Å². The van der Waals surface area contributed by atoms with Gasteiger partial charge in [0, 0.05) is 18.2 Å². The average molecular weight is 310 g/mol. The van der Waals surface area contributed by atoms with E-state index in [4.69, 9.17) is 4.74 Å². The number of para-hydroxylation sites is 1. The molecule has 5 heteroatoms. The van der Waals surface area contributed by atoms with Crippen LogP contribution < -0.4 is 10.1 Å². The Morgan fingerprint density at radius 2 is 2.05 bits per heavy atom. The van der Waals surface area contributed by atoms with Crippen LogP contribution in [0, 0.1) is 0 Å². The van der Waals surface area contributed by atoms with Gasteiger partial charge in [-0.1, -0.05) is 30.4 Å². The van der Waals surface area contributed by atoms with Crippen molar-refractivity contribution in [2.45, 2.75) is 25.3 Å². The molecule has 1 aliphatic heterocycles. The zero-order valence-corrected chi connectivity index (χ0v) is 13.0. The van der Waals surface area contributed by atoms with Crippen LogP contribution in [-0.4, -0.2) is 50.7 Å². The number of hydrogen-bond acceptors (Lipinski definition) is 3. The molecule has 0 radical (unpaired) electrons. The van der Waals surface area contributed by atoms with Gasteiger partial charge in [0.15, 0.2) is 0 Å². The van der Waals surface area contributed by atoms with Gasteiger partial charge in [0.25, 0.3) is 6.43 Å². The fourth-order valence-electron chi connectivity index (χ4n) is 2.74. The van der Waals surface area contributed by atoms with Crippen molar-refractivity contribution >= 4 is 6.08 Å². The van der Waals surface area contributed by atoms with Gasteiger partial charge >= 0.3 is 0 Å². The van der Waals surface area contributed by atoms with E-state index in [2.05, 4.69) is 11.4 Å². The number of benzene rings is 1. The highest BCUT2D eigenvalue weighted by molar-refractivity contribution is 5.57. The van der Waals surface area contributed by atoms with Crippen molar-refractivity contribution in [2.24, 2.45) is 0 Å². The number of likely N-dealkylation sites (tertiary alicyclic amines) is 1. The molecule has 1 heterocycles. The molecule has 122 valence electrons. The zero-order valence-electron chi connectivity index (χ0n) is 13.0. The van der Waals surface area contributed by atoms with Crippen molar-refractivity contribution in [3.63, 3.8) is 0 Å². The van der Waals surface area contributed by atoms with E-state index >= 15 is 0 Å². The average Bonchev–Trinajstić information content (AvgIpc) is 2.53. The lowest BCUT2D eigenvalue weighted by atomic mass is 10.1. The summed E-state index contributed by atoms with van der Waals surface area (Å²) in [6.45, 7) is 2.18. The Hall–Kier alpha value is -1.46. The summed E-state index contributed by atoms with van der Waals surface area (Å²) in [5.41, 5.74) is 1.05. The van der Waals surface area contributed by atoms with E-state index < -0.39 is 6.43 Å². The third-order valence-corrected chi connectivity index (χ3v) is 3.94. The van der Waals surface area contributed by atoms with Crippen LogP contribution in [0.4, 0.5) is 8.78 Å². The second-order valence-electron chi connectivity index (χ2n) is 5.52. The Kier molecular flexibility index (Phi) is 6.80. The topological polar surface area (TPSA) is 24.5 Å². The molecule has 0 aromatic heterocycles. The van der Waals surface area contributed by atoms with E-state index in [9.17, 15) is 8.78 Å². The Balaban J connectivity index is 1.70. The SMILES string of the molecule is COc1ccccc1/C=C/CNC1CCN(CC(F)F)CC1. The highest BCUT2D eigenvalue weighted by atomic mass is 19.3. The number of halogens is 2. The van der Waals surface area contributed by atoms with E-state index in [0.717, 1.165) is 43.8 Å². The standard InChI is InChI=1S/C17H24F2N2O/c1-22-16-7-3-2-5-14(16)6-4-10-20-15-8-11-21(12-9-15)13-17(18)19/h2-7,15,17,20H,8-13H2,1H3/b6-4+. The lowest BCUT2D eigenvalue weighted by molar-refractivity contribution is 0.0734. The third-order valence-electron chi connectivity index (χ3n) is 3.94. The maximum absolute atomic E-state index is 12.3. The fourth-order valence-corrected chi connectivity index (χ4v) is 2.74. The van der Waals surface area contributed by atoms with Gasteiger partial charge in [-0.15, -0.1) is 0 Å². The summed E-state index contributed by atoms with van der Waals surface area (Å²) < 4.78 is 29.9. The molecule has 3 nitrogen and oxygen atoms in total. The summed E-state index contributed by atoms with van der Waals surface area (Å²) in [6.07, 6.45) is 3.74. The Morgan fingerprint density at radius 3 is 2.73 bits per heavy atom. The highest BCUT2D eigenvalue weighted by Crippen LogP contribution is 2.18. The molecule has 0 aliphatic carbocycles. The number of nitrogens with one attached hydrogen (secondary N) is 1. The number of rotatable bonds is 7. The summed E-state index contributed by atoms with van der Waals surface area (Å²) in [5.74, 6) is 0.860. The lowest BCUT2D eigenvalue weighted by Gasteiger charge is -2.31. The van der Waals surface area contributed by atoms with Crippen molar-refractivity contribution in [1.82, 2.24) is 10.2 Å². The molecular weight excluding hydrogens is 286 g/mol. The van der Waals surface area contributed by atoms with Crippen molar-refractivity contribution in [1.29, 1.82) is 0 Å². The molecule has 1 aromatic rings. The third kappa shape index (κ3) is 5.39. The number of ether oxygens (including phenoxy) is 1. The molecule has 0 spiro atoms. The molecule has 1 saturated heterocycles. The summed E-state index contributed by atoms with van der Waals surface area (Å²) in [6, 6.07) is 8.29. The van der Waals surface area contributed by atoms with Gasteiger partial charge in [-0.25, -0.2) is 8.78 Å². The molecule has 1 N–H and O–H groups in total. The van der Waals surface area contributed by atoms with Crippen LogP contribution in [0.15, 0.2) is 30.3 Å². The van der Waals surface area contributed by atoms with E-state index in [1.54, 1.807) is 7.11 Å². The van der Waals surface area contributed by atoms with Crippen LogP contribution in [0.3, 0.4) is 0 Å². The van der Waals surface area contributed by atoms with Crippen LogP contribution in [0.5, 0.6) is 5.75 Å². The van der Waals surface area contributed by atoms with E-state index in [1.807, 2.05) is 35.2 Å². The zero-order chi connectivity index (χ0) is 15.8. The number of methoxy groups -OCH3 is 1. The molecule has 0 atom stereocenters. The Morgan fingerprint density at radius 1 is 1.32 bits per heavy atom.